The van der Waals surface area contributed by atoms with Crippen LogP contribution in [0.4, 0.5) is 0 Å². The van der Waals surface area contributed by atoms with E-state index in [1.807, 2.05) is 0 Å². The van der Waals surface area contributed by atoms with Crippen molar-refractivity contribution in [2.45, 2.75) is 6.92 Å². The summed E-state index contributed by atoms with van der Waals surface area (Å²) in [7, 11) is 0. The number of carbonyl (C=O) groups is 1. The lowest BCUT2D eigenvalue weighted by Gasteiger charge is -1.87. The minimum Gasteiger partial charge on any atom is -0.462 e. The molecule has 0 amide bonds. The van der Waals surface area contributed by atoms with Crippen LogP contribution in [0.1, 0.15) is 17.3 Å². The van der Waals surface area contributed by atoms with Crippen LogP contribution in [0.15, 0.2) is 29.1 Å². The second kappa shape index (κ2) is 2.44. The smallest absolute Gasteiger partial charge is 0.163 e. The quantitative estimate of drug-likeness (QED) is 0.601. The van der Waals surface area contributed by atoms with Crippen LogP contribution in [-0.4, -0.2) is 10.8 Å². The predicted octanol–water partition coefficient (Wildman–Crippen LogP) is 2.03. The molecule has 2 aromatic rings. The van der Waals surface area contributed by atoms with Gasteiger partial charge in [0.05, 0.1) is 11.8 Å². The predicted molar refractivity (Wildman–Crippen MR) is 44.0 cm³/mol. The zero-order valence-electron chi connectivity index (χ0n) is 6.57. The molecular weight excluding hydrogens is 154 g/mol. The van der Waals surface area contributed by atoms with E-state index in [2.05, 4.69) is 4.98 Å². The Morgan fingerprint density at radius 1 is 1.58 bits per heavy atom. The molecular formula is C9H7NO2. The van der Waals surface area contributed by atoms with Gasteiger partial charge in [-0.2, -0.15) is 0 Å². The van der Waals surface area contributed by atoms with Gasteiger partial charge < -0.3 is 4.42 Å². The van der Waals surface area contributed by atoms with Gasteiger partial charge in [-0.25, -0.2) is 0 Å². The van der Waals surface area contributed by atoms with Crippen molar-refractivity contribution in [3.05, 3.63) is 30.3 Å². The molecule has 0 aliphatic rings. The summed E-state index contributed by atoms with van der Waals surface area (Å²) < 4.78 is 5.13. The number of nitrogens with zero attached hydrogens (tertiary/aromatic N) is 1. The van der Waals surface area contributed by atoms with Crippen molar-refractivity contribution >= 4 is 16.8 Å². The highest BCUT2D eigenvalue weighted by Crippen LogP contribution is 2.19. The van der Waals surface area contributed by atoms with Gasteiger partial charge in [-0.15, -0.1) is 0 Å². The number of pyridine rings is 1. The molecule has 0 atom stereocenters. The van der Waals surface area contributed by atoms with E-state index in [0.29, 0.717) is 11.1 Å². The molecule has 0 aliphatic heterocycles. The number of hydrogen-bond acceptors (Lipinski definition) is 3. The van der Waals surface area contributed by atoms with E-state index < -0.39 is 0 Å². The van der Waals surface area contributed by atoms with Crippen molar-refractivity contribution in [3.63, 3.8) is 0 Å². The molecule has 2 rings (SSSR count). The molecule has 0 saturated carbocycles. The van der Waals surface area contributed by atoms with Gasteiger partial charge in [-0.1, -0.05) is 0 Å². The molecule has 0 aliphatic carbocycles. The maximum absolute atomic E-state index is 11.0. The number of aromatic nitrogens is 1. The van der Waals surface area contributed by atoms with Gasteiger partial charge in [0.2, 0.25) is 0 Å². The standard InChI is InChI=1S/C9H7NO2/c1-6(11)8-5-12-9-4-10-3-2-7(8)9/h2-5H,1H3. The van der Waals surface area contributed by atoms with Crippen LogP contribution in [-0.2, 0) is 0 Å². The van der Waals surface area contributed by atoms with E-state index in [-0.39, 0.29) is 5.78 Å². The zero-order chi connectivity index (χ0) is 8.55. The molecule has 60 valence electrons. The Hall–Kier alpha value is -1.64. The van der Waals surface area contributed by atoms with E-state index >= 15 is 0 Å². The lowest BCUT2D eigenvalue weighted by Crippen LogP contribution is -1.88. The molecule has 2 heterocycles. The first-order chi connectivity index (χ1) is 5.79. The second-order valence-corrected chi connectivity index (χ2v) is 2.58. The van der Waals surface area contributed by atoms with Crippen LogP contribution in [0.2, 0.25) is 0 Å². The zero-order valence-corrected chi connectivity index (χ0v) is 6.57. The Labute approximate surface area is 69.0 Å². The van der Waals surface area contributed by atoms with Crippen LogP contribution in [0.25, 0.3) is 11.0 Å². The molecule has 0 N–H and O–H groups in total. The minimum atomic E-state index is 0.0138. The van der Waals surface area contributed by atoms with E-state index in [1.165, 1.54) is 13.2 Å². The summed E-state index contributed by atoms with van der Waals surface area (Å²) in [6.07, 6.45) is 4.71. The maximum Gasteiger partial charge on any atom is 0.163 e. The lowest BCUT2D eigenvalue weighted by atomic mass is 10.1. The Kier molecular flexibility index (Phi) is 1.43. The van der Waals surface area contributed by atoms with Crippen molar-refractivity contribution in [2.75, 3.05) is 0 Å². The fraction of sp³-hybridized carbons (Fsp3) is 0.111. The van der Waals surface area contributed by atoms with Crippen LogP contribution in [0, 0.1) is 0 Å². The van der Waals surface area contributed by atoms with E-state index in [4.69, 9.17) is 4.42 Å². The molecule has 0 saturated heterocycles. The Balaban J connectivity index is 2.79. The second-order valence-electron chi connectivity index (χ2n) is 2.58. The van der Waals surface area contributed by atoms with Crippen LogP contribution in [0.3, 0.4) is 0 Å². The third-order valence-electron chi connectivity index (χ3n) is 1.76. The Bertz CT molecular complexity index is 431. The minimum absolute atomic E-state index is 0.0138. The van der Waals surface area contributed by atoms with Gasteiger partial charge in [0.25, 0.3) is 0 Å². The van der Waals surface area contributed by atoms with Gasteiger partial charge in [0.15, 0.2) is 11.4 Å². The third-order valence-corrected chi connectivity index (χ3v) is 1.76. The SMILES string of the molecule is CC(=O)c1coc2cnccc12. The molecule has 3 nitrogen and oxygen atoms in total. The summed E-state index contributed by atoms with van der Waals surface area (Å²) in [4.78, 5) is 14.9. The van der Waals surface area contributed by atoms with Crippen molar-refractivity contribution in [1.82, 2.24) is 4.98 Å². The average molecular weight is 161 g/mol. The highest BCUT2D eigenvalue weighted by atomic mass is 16.3. The van der Waals surface area contributed by atoms with Gasteiger partial charge in [0, 0.05) is 11.6 Å². The number of rotatable bonds is 1. The van der Waals surface area contributed by atoms with E-state index in [1.54, 1.807) is 18.5 Å². The topological polar surface area (TPSA) is 43.1 Å². The number of furan rings is 1. The van der Waals surface area contributed by atoms with Gasteiger partial charge in [-0.3, -0.25) is 9.78 Å². The normalized spacial score (nSPS) is 10.4. The van der Waals surface area contributed by atoms with Crippen molar-refractivity contribution in [1.29, 1.82) is 0 Å². The Morgan fingerprint density at radius 3 is 3.17 bits per heavy atom. The molecule has 0 spiro atoms. The molecule has 0 bridgehead atoms. The fourth-order valence-electron chi connectivity index (χ4n) is 1.15. The molecule has 0 fully saturated rings. The van der Waals surface area contributed by atoms with Crippen LogP contribution in [0.5, 0.6) is 0 Å². The van der Waals surface area contributed by atoms with Crippen molar-refractivity contribution in [3.8, 4) is 0 Å². The van der Waals surface area contributed by atoms with E-state index in [9.17, 15) is 4.79 Å². The molecule has 0 aromatic carbocycles. The maximum atomic E-state index is 11.0. The van der Waals surface area contributed by atoms with Crippen molar-refractivity contribution in [2.24, 2.45) is 0 Å². The fourth-order valence-corrected chi connectivity index (χ4v) is 1.15. The first-order valence-corrected chi connectivity index (χ1v) is 3.61. The van der Waals surface area contributed by atoms with E-state index in [0.717, 1.165) is 5.39 Å². The summed E-state index contributed by atoms with van der Waals surface area (Å²) in [6, 6.07) is 1.77. The third kappa shape index (κ3) is 0.906. The summed E-state index contributed by atoms with van der Waals surface area (Å²) in [5.41, 5.74) is 1.27. The van der Waals surface area contributed by atoms with Gasteiger partial charge in [0.1, 0.15) is 6.26 Å². The highest BCUT2D eigenvalue weighted by molar-refractivity contribution is 6.05. The molecule has 0 radical (unpaired) electrons. The molecule has 2 aromatic heterocycles. The molecule has 12 heavy (non-hydrogen) atoms. The molecule has 3 heteroatoms. The van der Waals surface area contributed by atoms with Crippen molar-refractivity contribution < 1.29 is 9.21 Å². The summed E-state index contributed by atoms with van der Waals surface area (Å²) in [5, 5.41) is 0.831. The number of ketones is 1. The van der Waals surface area contributed by atoms with Crippen LogP contribution < -0.4 is 0 Å². The largest absolute Gasteiger partial charge is 0.462 e. The Morgan fingerprint density at radius 2 is 2.42 bits per heavy atom. The highest BCUT2D eigenvalue weighted by Gasteiger charge is 2.08. The van der Waals surface area contributed by atoms with Gasteiger partial charge in [-0.05, 0) is 13.0 Å². The summed E-state index contributed by atoms with van der Waals surface area (Å²) in [5.74, 6) is 0.0138. The monoisotopic (exact) mass is 161 g/mol. The number of Topliss-reactive ketones (excluding diaryl/α,β-unsaturated/α-hetero) is 1. The number of fused-ring (bicyclic) bond motifs is 1. The summed E-state index contributed by atoms with van der Waals surface area (Å²) in [6.45, 7) is 1.52. The number of hydrogen-bond donors (Lipinski definition) is 0. The lowest BCUT2D eigenvalue weighted by molar-refractivity contribution is 0.101. The average Bonchev–Trinajstić information content (AvgIpc) is 2.47. The number of carbonyl (C=O) groups excluding carboxylic acids is 1. The van der Waals surface area contributed by atoms with Gasteiger partial charge >= 0.3 is 0 Å². The first-order valence-electron chi connectivity index (χ1n) is 3.61. The first kappa shape index (κ1) is 7.03. The van der Waals surface area contributed by atoms with Crippen LogP contribution >= 0.6 is 0 Å². The summed E-state index contributed by atoms with van der Waals surface area (Å²) >= 11 is 0. The molecule has 0 unspecified atom stereocenters.